The molecule has 1 aliphatic rings. The molecular weight excluding hydrogens is 293 g/mol. The number of piperidine rings is 1. The average Bonchev–Trinajstić information content (AvgIpc) is 2.41. The molecule has 1 heterocycles. The van der Waals surface area contributed by atoms with Gasteiger partial charge in [-0.2, -0.15) is 0 Å². The first kappa shape index (κ1) is 16.1. The van der Waals surface area contributed by atoms with E-state index in [9.17, 15) is 17.6 Å². The van der Waals surface area contributed by atoms with Crippen molar-refractivity contribution in [3.63, 3.8) is 0 Å². The van der Waals surface area contributed by atoms with Crippen LogP contribution in [0.2, 0.25) is 0 Å². The Morgan fingerprint density at radius 3 is 2.81 bits per heavy atom. The Hall–Kier alpha value is -1.27. The predicted octanol–water partition coefficient (Wildman–Crippen LogP) is 2.38. The molecule has 1 unspecified atom stereocenters. The van der Waals surface area contributed by atoms with Gasteiger partial charge < -0.3 is 0 Å². The average molecular weight is 313 g/mol. The van der Waals surface area contributed by atoms with Crippen LogP contribution in [0.5, 0.6) is 0 Å². The second-order valence-electron chi connectivity index (χ2n) is 5.72. The molecule has 21 heavy (non-hydrogen) atoms. The molecule has 0 aliphatic carbocycles. The van der Waals surface area contributed by atoms with Gasteiger partial charge in [-0.05, 0) is 43.4 Å². The minimum absolute atomic E-state index is 0.00337. The molecule has 1 aliphatic heterocycles. The van der Waals surface area contributed by atoms with Crippen LogP contribution in [0.4, 0.5) is 4.39 Å². The summed E-state index contributed by atoms with van der Waals surface area (Å²) in [6.07, 6.45) is 3.03. The summed E-state index contributed by atoms with van der Waals surface area (Å²) in [6.45, 7) is 2.66. The largest absolute Gasteiger partial charge is 0.294 e. The van der Waals surface area contributed by atoms with Gasteiger partial charge >= 0.3 is 0 Å². The highest BCUT2D eigenvalue weighted by atomic mass is 32.2. The number of benzene rings is 1. The standard InChI is InChI=1S/C15H20FNO3S/c1-11-5-6-13(16)9-14(11)15(18)8-12-4-3-7-17(10-12)21(2,19)20/h5-6,9,12H,3-4,7-8,10H2,1-2H3. The van der Waals surface area contributed by atoms with Gasteiger partial charge in [-0.3, -0.25) is 4.79 Å². The van der Waals surface area contributed by atoms with Crippen LogP contribution in [0.1, 0.15) is 35.2 Å². The van der Waals surface area contributed by atoms with E-state index in [4.69, 9.17) is 0 Å². The van der Waals surface area contributed by atoms with Crippen LogP contribution >= 0.6 is 0 Å². The molecule has 1 fully saturated rings. The first-order chi connectivity index (χ1) is 9.77. The summed E-state index contributed by atoms with van der Waals surface area (Å²) >= 11 is 0. The number of aryl methyl sites for hydroxylation is 1. The van der Waals surface area contributed by atoms with Crippen molar-refractivity contribution in [2.75, 3.05) is 19.3 Å². The van der Waals surface area contributed by atoms with Crippen LogP contribution in [0.25, 0.3) is 0 Å². The van der Waals surface area contributed by atoms with E-state index < -0.39 is 15.8 Å². The first-order valence-electron chi connectivity index (χ1n) is 7.02. The number of halogens is 1. The summed E-state index contributed by atoms with van der Waals surface area (Å²) < 4.78 is 37.8. The van der Waals surface area contributed by atoms with Gasteiger partial charge in [0.15, 0.2) is 5.78 Å². The van der Waals surface area contributed by atoms with Gasteiger partial charge in [0.1, 0.15) is 5.82 Å². The summed E-state index contributed by atoms with van der Waals surface area (Å²) in [5.41, 5.74) is 1.14. The Kier molecular flexibility index (Phi) is 4.78. The van der Waals surface area contributed by atoms with Gasteiger partial charge in [0.05, 0.1) is 6.26 Å². The summed E-state index contributed by atoms with van der Waals surface area (Å²) in [7, 11) is -3.21. The molecule has 1 aromatic rings. The highest BCUT2D eigenvalue weighted by Crippen LogP contribution is 2.24. The molecule has 4 nitrogen and oxygen atoms in total. The molecular formula is C15H20FNO3S. The summed E-state index contributed by atoms with van der Waals surface area (Å²) in [5.74, 6) is -0.540. The van der Waals surface area contributed by atoms with E-state index in [1.807, 2.05) is 0 Å². The lowest BCUT2D eigenvalue weighted by atomic mass is 9.90. The molecule has 1 saturated heterocycles. The Morgan fingerprint density at radius 1 is 1.43 bits per heavy atom. The lowest BCUT2D eigenvalue weighted by Gasteiger charge is -2.30. The number of hydrogen-bond acceptors (Lipinski definition) is 3. The molecule has 1 aromatic carbocycles. The van der Waals surface area contributed by atoms with Crippen molar-refractivity contribution in [2.24, 2.45) is 5.92 Å². The van der Waals surface area contributed by atoms with E-state index in [0.717, 1.165) is 18.4 Å². The molecule has 0 aromatic heterocycles. The quantitative estimate of drug-likeness (QED) is 0.802. The highest BCUT2D eigenvalue weighted by molar-refractivity contribution is 7.88. The zero-order valence-corrected chi connectivity index (χ0v) is 13.1. The van der Waals surface area contributed by atoms with Crippen LogP contribution in [0.3, 0.4) is 0 Å². The van der Waals surface area contributed by atoms with Gasteiger partial charge in [0, 0.05) is 25.1 Å². The molecule has 0 bridgehead atoms. The van der Waals surface area contributed by atoms with Gasteiger partial charge in [-0.25, -0.2) is 17.1 Å². The molecule has 6 heteroatoms. The van der Waals surface area contributed by atoms with Crippen molar-refractivity contribution in [1.29, 1.82) is 0 Å². The monoisotopic (exact) mass is 313 g/mol. The molecule has 0 saturated carbocycles. The molecule has 0 spiro atoms. The van der Waals surface area contributed by atoms with Gasteiger partial charge in [0.2, 0.25) is 10.0 Å². The normalized spacial score (nSPS) is 20.4. The van der Waals surface area contributed by atoms with Crippen molar-refractivity contribution in [1.82, 2.24) is 4.31 Å². The molecule has 0 amide bonds. The van der Waals surface area contributed by atoms with Crippen molar-refractivity contribution < 1.29 is 17.6 Å². The maximum absolute atomic E-state index is 13.3. The number of ketones is 1. The van der Waals surface area contributed by atoms with Crippen LogP contribution in [0.15, 0.2) is 18.2 Å². The third kappa shape index (κ3) is 4.11. The topological polar surface area (TPSA) is 54.5 Å². The fraction of sp³-hybridized carbons (Fsp3) is 0.533. The smallest absolute Gasteiger partial charge is 0.211 e. The molecule has 2 rings (SSSR count). The third-order valence-electron chi connectivity index (χ3n) is 3.92. The van der Waals surface area contributed by atoms with Crippen molar-refractivity contribution in [3.8, 4) is 0 Å². The molecule has 0 radical (unpaired) electrons. The summed E-state index contributed by atoms with van der Waals surface area (Å²) in [6, 6.07) is 4.18. The van der Waals surface area contributed by atoms with Gasteiger partial charge in [-0.1, -0.05) is 6.07 Å². The van der Waals surface area contributed by atoms with E-state index in [-0.39, 0.29) is 18.1 Å². The molecule has 116 valence electrons. The van der Waals surface area contributed by atoms with E-state index in [0.29, 0.717) is 18.7 Å². The SMILES string of the molecule is Cc1ccc(F)cc1C(=O)CC1CCCN(S(C)(=O)=O)C1. The Labute approximate surface area is 125 Å². The Balaban J connectivity index is 2.07. The van der Waals surface area contributed by atoms with E-state index >= 15 is 0 Å². The second kappa shape index (κ2) is 6.23. The lowest BCUT2D eigenvalue weighted by Crippen LogP contribution is -2.39. The fourth-order valence-corrected chi connectivity index (χ4v) is 3.70. The second-order valence-corrected chi connectivity index (χ2v) is 7.70. The maximum Gasteiger partial charge on any atom is 0.211 e. The predicted molar refractivity (Wildman–Crippen MR) is 79.2 cm³/mol. The van der Waals surface area contributed by atoms with Crippen LogP contribution in [-0.2, 0) is 10.0 Å². The van der Waals surface area contributed by atoms with E-state index in [1.165, 1.54) is 22.7 Å². The van der Waals surface area contributed by atoms with Gasteiger partial charge in [0.25, 0.3) is 0 Å². The third-order valence-corrected chi connectivity index (χ3v) is 5.19. The fourth-order valence-electron chi connectivity index (χ4n) is 2.76. The number of nitrogens with zero attached hydrogens (tertiary/aromatic N) is 1. The Morgan fingerprint density at radius 2 is 2.14 bits per heavy atom. The van der Waals surface area contributed by atoms with Crippen LogP contribution in [0, 0.1) is 18.7 Å². The van der Waals surface area contributed by atoms with Gasteiger partial charge in [-0.15, -0.1) is 0 Å². The number of hydrogen-bond donors (Lipinski definition) is 0. The Bertz CT molecular complexity index is 642. The maximum atomic E-state index is 13.3. The van der Waals surface area contributed by atoms with Crippen molar-refractivity contribution >= 4 is 15.8 Å². The zero-order chi connectivity index (χ0) is 15.6. The van der Waals surface area contributed by atoms with E-state index in [1.54, 1.807) is 13.0 Å². The number of rotatable bonds is 4. The molecule has 0 N–H and O–H groups in total. The van der Waals surface area contributed by atoms with Crippen molar-refractivity contribution in [2.45, 2.75) is 26.2 Å². The minimum atomic E-state index is -3.21. The lowest BCUT2D eigenvalue weighted by molar-refractivity contribution is 0.0941. The van der Waals surface area contributed by atoms with Crippen LogP contribution < -0.4 is 0 Å². The van der Waals surface area contributed by atoms with E-state index in [2.05, 4.69) is 0 Å². The highest BCUT2D eigenvalue weighted by Gasteiger charge is 2.27. The summed E-state index contributed by atoms with van der Waals surface area (Å²) in [4.78, 5) is 12.3. The number of sulfonamides is 1. The summed E-state index contributed by atoms with van der Waals surface area (Å²) in [5, 5.41) is 0. The number of Topliss-reactive ketones (excluding diaryl/α,β-unsaturated/α-hetero) is 1. The first-order valence-corrected chi connectivity index (χ1v) is 8.86. The number of carbonyl (C=O) groups is 1. The zero-order valence-electron chi connectivity index (χ0n) is 12.3. The minimum Gasteiger partial charge on any atom is -0.294 e. The van der Waals surface area contributed by atoms with Crippen LogP contribution in [-0.4, -0.2) is 37.9 Å². The molecule has 1 atom stereocenters. The number of carbonyl (C=O) groups excluding carboxylic acids is 1. The van der Waals surface area contributed by atoms with Crippen molar-refractivity contribution in [3.05, 3.63) is 35.1 Å².